The summed E-state index contributed by atoms with van der Waals surface area (Å²) in [6, 6.07) is 2.97. The lowest BCUT2D eigenvalue weighted by molar-refractivity contribution is -0.157. The Morgan fingerprint density at radius 1 is 1.19 bits per heavy atom. The van der Waals surface area contributed by atoms with Gasteiger partial charge in [-0.15, -0.1) is 0 Å². The van der Waals surface area contributed by atoms with Crippen molar-refractivity contribution in [3.63, 3.8) is 0 Å². The molecule has 2 saturated heterocycles. The lowest BCUT2D eigenvalue weighted by Crippen LogP contribution is -2.55. The van der Waals surface area contributed by atoms with Crippen LogP contribution in [-0.4, -0.2) is 79.0 Å². The highest BCUT2D eigenvalue weighted by Crippen LogP contribution is 2.29. The van der Waals surface area contributed by atoms with Gasteiger partial charge >= 0.3 is 6.16 Å². The predicted molar refractivity (Wildman–Crippen MR) is 99.0 cm³/mol. The van der Waals surface area contributed by atoms with Gasteiger partial charge in [0.2, 0.25) is 5.91 Å². The van der Waals surface area contributed by atoms with Gasteiger partial charge in [0.05, 0.1) is 19.8 Å². The highest BCUT2D eigenvalue weighted by atomic mass is 19.1. The molecule has 10 nitrogen and oxygen atoms in total. The van der Waals surface area contributed by atoms with Crippen molar-refractivity contribution in [1.29, 1.82) is 0 Å². The summed E-state index contributed by atoms with van der Waals surface area (Å²) in [6.45, 7) is 0.584. The molecule has 0 aromatic heterocycles. The van der Waals surface area contributed by atoms with Crippen LogP contribution in [0.5, 0.6) is 0 Å². The van der Waals surface area contributed by atoms with Crippen LogP contribution in [0.25, 0.3) is 0 Å². The maximum atomic E-state index is 13.5. The van der Waals surface area contributed by atoms with Crippen LogP contribution >= 0.6 is 0 Å². The number of fused-ring (bicyclic) bond motifs is 1. The molecule has 2 fully saturated rings. The number of nitrogens with zero attached hydrogens (tertiary/aromatic N) is 2. The molecule has 3 amide bonds. The summed E-state index contributed by atoms with van der Waals surface area (Å²) in [6.07, 6.45) is -1.33. The van der Waals surface area contributed by atoms with Crippen molar-refractivity contribution >= 4 is 23.9 Å². The summed E-state index contributed by atoms with van der Waals surface area (Å²) >= 11 is 0. The van der Waals surface area contributed by atoms with Gasteiger partial charge in [0.1, 0.15) is 24.6 Å². The first-order valence-electron chi connectivity index (χ1n) is 9.86. The molecule has 3 aliphatic rings. The highest BCUT2D eigenvalue weighted by Gasteiger charge is 2.43. The van der Waals surface area contributed by atoms with Gasteiger partial charge < -0.3 is 23.8 Å². The minimum absolute atomic E-state index is 0.00342. The van der Waals surface area contributed by atoms with Crippen LogP contribution in [0.3, 0.4) is 0 Å². The summed E-state index contributed by atoms with van der Waals surface area (Å²) in [5, 5.41) is 0. The normalized spacial score (nSPS) is 23.7. The third-order valence-corrected chi connectivity index (χ3v) is 5.35. The molecule has 3 aliphatic heterocycles. The highest BCUT2D eigenvalue weighted by molar-refractivity contribution is 6.05. The maximum Gasteiger partial charge on any atom is 0.510 e. The number of amides is 3. The summed E-state index contributed by atoms with van der Waals surface area (Å²) in [4.78, 5) is 51.7. The van der Waals surface area contributed by atoms with Gasteiger partial charge in [-0.25, -0.2) is 14.1 Å². The molecule has 3 heterocycles. The van der Waals surface area contributed by atoms with Crippen molar-refractivity contribution < 1.29 is 42.5 Å². The number of ether oxygens (including phenoxy) is 4. The fourth-order valence-corrected chi connectivity index (χ4v) is 3.75. The molecule has 2 unspecified atom stereocenters. The first-order chi connectivity index (χ1) is 14.9. The van der Waals surface area contributed by atoms with Gasteiger partial charge in [0.15, 0.2) is 6.73 Å². The van der Waals surface area contributed by atoms with Crippen LogP contribution < -0.4 is 0 Å². The van der Waals surface area contributed by atoms with Crippen LogP contribution in [0, 0.1) is 5.82 Å². The van der Waals surface area contributed by atoms with E-state index in [1.54, 1.807) is 0 Å². The Hall–Kier alpha value is -3.05. The van der Waals surface area contributed by atoms with Gasteiger partial charge in [0, 0.05) is 18.5 Å². The van der Waals surface area contributed by atoms with Gasteiger partial charge in [-0.2, -0.15) is 0 Å². The van der Waals surface area contributed by atoms with E-state index >= 15 is 0 Å². The van der Waals surface area contributed by atoms with Crippen molar-refractivity contribution in [2.45, 2.75) is 31.5 Å². The molecule has 166 valence electrons. The van der Waals surface area contributed by atoms with E-state index in [1.165, 1.54) is 17.0 Å². The monoisotopic (exact) mass is 436 g/mol. The summed E-state index contributed by atoms with van der Waals surface area (Å²) in [7, 11) is 0. The van der Waals surface area contributed by atoms with Gasteiger partial charge in [0.25, 0.3) is 11.8 Å². The molecule has 0 radical (unpaired) electrons. The van der Waals surface area contributed by atoms with Gasteiger partial charge in [-0.3, -0.25) is 14.4 Å². The van der Waals surface area contributed by atoms with Crippen molar-refractivity contribution in [1.82, 2.24) is 9.80 Å². The fraction of sp³-hybridized carbons (Fsp3) is 0.500. The lowest BCUT2D eigenvalue weighted by Gasteiger charge is -2.34. The number of carbonyl (C=O) groups is 4. The third kappa shape index (κ3) is 4.52. The molecule has 2 atom stereocenters. The number of imide groups is 1. The molecule has 4 rings (SSSR count). The SMILES string of the molecule is O=C(OCC1COCCO1)OCN1C(=O)CCC(N2Cc3ccc(F)cc3C2=O)C1=O. The standard InChI is InChI=1S/C20H21FN2O8/c21-13-2-1-12-8-22(18(25)15(12)7-13)16-3-4-17(24)23(19(16)26)11-31-20(27)30-10-14-9-28-5-6-29-14/h1-2,7,14,16H,3-6,8-11H2. The number of piperidine rings is 1. The first-order valence-corrected chi connectivity index (χ1v) is 9.86. The van der Waals surface area contributed by atoms with Gasteiger partial charge in [-0.1, -0.05) is 6.07 Å². The van der Waals surface area contributed by atoms with Crippen LogP contribution in [-0.2, 0) is 35.1 Å². The second-order valence-electron chi connectivity index (χ2n) is 7.35. The number of likely N-dealkylation sites (tertiary alicyclic amines) is 1. The second-order valence-corrected chi connectivity index (χ2v) is 7.35. The first kappa shape index (κ1) is 21.2. The van der Waals surface area contributed by atoms with Crippen LogP contribution in [0.2, 0.25) is 0 Å². The largest absolute Gasteiger partial charge is 0.510 e. The van der Waals surface area contributed by atoms with E-state index in [4.69, 9.17) is 18.9 Å². The molecule has 0 N–H and O–H groups in total. The molecule has 31 heavy (non-hydrogen) atoms. The lowest BCUT2D eigenvalue weighted by atomic mass is 10.0. The zero-order valence-electron chi connectivity index (χ0n) is 16.6. The third-order valence-electron chi connectivity index (χ3n) is 5.35. The maximum absolute atomic E-state index is 13.5. The zero-order chi connectivity index (χ0) is 22.0. The predicted octanol–water partition coefficient (Wildman–Crippen LogP) is 0.825. The quantitative estimate of drug-likeness (QED) is 0.493. The second kappa shape index (κ2) is 8.98. The van der Waals surface area contributed by atoms with Crippen molar-refractivity contribution in [3.05, 3.63) is 35.1 Å². The molecule has 1 aromatic carbocycles. The zero-order valence-corrected chi connectivity index (χ0v) is 16.6. The topological polar surface area (TPSA) is 112 Å². The van der Waals surface area contributed by atoms with Crippen molar-refractivity contribution in [2.24, 2.45) is 0 Å². The molecule has 0 saturated carbocycles. The number of halogens is 1. The minimum atomic E-state index is -1.06. The molecule has 11 heteroatoms. The molecular weight excluding hydrogens is 415 g/mol. The summed E-state index contributed by atoms with van der Waals surface area (Å²) in [5.41, 5.74) is 0.807. The average Bonchev–Trinajstić information content (AvgIpc) is 3.08. The molecular formula is C20H21FN2O8. The Morgan fingerprint density at radius 3 is 2.81 bits per heavy atom. The number of carbonyl (C=O) groups excluding carboxylic acids is 4. The van der Waals surface area contributed by atoms with E-state index in [9.17, 15) is 23.6 Å². The number of rotatable bonds is 5. The van der Waals surface area contributed by atoms with E-state index in [0.717, 1.165) is 11.0 Å². The Kier molecular flexibility index (Phi) is 6.14. The fourth-order valence-electron chi connectivity index (χ4n) is 3.75. The van der Waals surface area contributed by atoms with E-state index < -0.39 is 48.6 Å². The molecule has 0 bridgehead atoms. The van der Waals surface area contributed by atoms with E-state index in [0.29, 0.717) is 18.8 Å². The van der Waals surface area contributed by atoms with Crippen LogP contribution in [0.4, 0.5) is 9.18 Å². The van der Waals surface area contributed by atoms with Gasteiger partial charge in [-0.05, 0) is 24.1 Å². The summed E-state index contributed by atoms with van der Waals surface area (Å²) in [5.74, 6) is -2.20. The Balaban J connectivity index is 1.33. The number of hydrogen-bond donors (Lipinski definition) is 0. The van der Waals surface area contributed by atoms with Crippen LogP contribution in [0.1, 0.15) is 28.8 Å². The summed E-state index contributed by atoms with van der Waals surface area (Å²) < 4.78 is 33.8. The molecule has 0 aliphatic carbocycles. The number of benzene rings is 1. The molecule has 0 spiro atoms. The number of hydrogen-bond acceptors (Lipinski definition) is 8. The van der Waals surface area contributed by atoms with E-state index in [1.807, 2.05) is 0 Å². The molecule has 1 aromatic rings. The van der Waals surface area contributed by atoms with Crippen LogP contribution in [0.15, 0.2) is 18.2 Å². The Labute approximate surface area is 176 Å². The van der Waals surface area contributed by atoms with Crippen molar-refractivity contribution in [3.8, 4) is 0 Å². The Bertz CT molecular complexity index is 901. The van der Waals surface area contributed by atoms with E-state index in [2.05, 4.69) is 0 Å². The average molecular weight is 436 g/mol. The van der Waals surface area contributed by atoms with Crippen molar-refractivity contribution in [2.75, 3.05) is 33.2 Å². The van der Waals surface area contributed by atoms with E-state index in [-0.39, 0.29) is 38.2 Å². The minimum Gasteiger partial charge on any atom is -0.431 e. The smallest absolute Gasteiger partial charge is 0.431 e. The Morgan fingerprint density at radius 2 is 2.03 bits per heavy atom.